The summed E-state index contributed by atoms with van der Waals surface area (Å²) in [6, 6.07) is 7.51. The lowest BCUT2D eigenvalue weighted by molar-refractivity contribution is -0.124. The maximum Gasteiger partial charge on any atom is 0.243 e. The number of halogens is 1. The Balaban J connectivity index is 2.28. The Morgan fingerprint density at radius 1 is 1.56 bits per heavy atom. The smallest absolute Gasteiger partial charge is 0.243 e. The molecule has 1 amide bonds. The van der Waals surface area contributed by atoms with E-state index in [4.69, 9.17) is 17.3 Å². The van der Waals surface area contributed by atoms with Gasteiger partial charge in [0, 0.05) is 23.3 Å². The van der Waals surface area contributed by atoms with E-state index in [9.17, 15) is 4.79 Å². The molecular formula is C13H18ClN3O. The van der Waals surface area contributed by atoms with Crippen LogP contribution in [0.4, 0.5) is 5.69 Å². The summed E-state index contributed by atoms with van der Waals surface area (Å²) in [5.74, 6) is 0.0409. The van der Waals surface area contributed by atoms with Gasteiger partial charge in [-0.25, -0.2) is 0 Å². The molecule has 0 spiro atoms. The van der Waals surface area contributed by atoms with Gasteiger partial charge in [-0.15, -0.1) is 0 Å². The van der Waals surface area contributed by atoms with E-state index in [1.54, 1.807) is 0 Å². The van der Waals surface area contributed by atoms with Gasteiger partial charge < -0.3 is 16.0 Å². The van der Waals surface area contributed by atoms with Crippen LogP contribution in [0.5, 0.6) is 0 Å². The summed E-state index contributed by atoms with van der Waals surface area (Å²) in [5.41, 5.74) is 6.57. The molecule has 4 nitrogen and oxygen atoms in total. The van der Waals surface area contributed by atoms with E-state index in [1.807, 2.05) is 31.2 Å². The van der Waals surface area contributed by atoms with Gasteiger partial charge in [0.25, 0.3) is 0 Å². The first-order valence-corrected chi connectivity index (χ1v) is 6.52. The van der Waals surface area contributed by atoms with Crippen LogP contribution in [0.1, 0.15) is 13.3 Å². The van der Waals surface area contributed by atoms with Gasteiger partial charge in [-0.1, -0.05) is 17.7 Å². The van der Waals surface area contributed by atoms with Crippen molar-refractivity contribution in [1.29, 1.82) is 0 Å². The third-order valence-corrected chi connectivity index (χ3v) is 3.35. The number of rotatable bonds is 3. The summed E-state index contributed by atoms with van der Waals surface area (Å²) in [6.07, 6.45) is 0.644. The predicted molar refractivity (Wildman–Crippen MR) is 73.9 cm³/mol. The van der Waals surface area contributed by atoms with Crippen LogP contribution in [0.2, 0.25) is 5.02 Å². The lowest BCUT2D eigenvalue weighted by Gasteiger charge is -2.39. The van der Waals surface area contributed by atoms with Crippen LogP contribution >= 0.6 is 11.6 Å². The van der Waals surface area contributed by atoms with Gasteiger partial charge in [-0.05, 0) is 38.1 Å². The molecule has 0 saturated carbocycles. The Bertz CT molecular complexity index is 438. The van der Waals surface area contributed by atoms with Gasteiger partial charge in [0.2, 0.25) is 5.91 Å². The lowest BCUT2D eigenvalue weighted by atomic mass is 10.0. The van der Waals surface area contributed by atoms with Crippen molar-refractivity contribution in [3.8, 4) is 0 Å². The number of nitrogens with zero attached hydrogens (tertiary/aromatic N) is 1. The lowest BCUT2D eigenvalue weighted by Crippen LogP contribution is -2.59. The van der Waals surface area contributed by atoms with Gasteiger partial charge in [0.05, 0.1) is 0 Å². The number of hydrogen-bond donors (Lipinski definition) is 2. The maximum absolute atomic E-state index is 12.0. The zero-order chi connectivity index (χ0) is 13.1. The van der Waals surface area contributed by atoms with Crippen LogP contribution in [0.3, 0.4) is 0 Å². The summed E-state index contributed by atoms with van der Waals surface area (Å²) < 4.78 is 0. The van der Waals surface area contributed by atoms with Crippen molar-refractivity contribution in [2.24, 2.45) is 5.73 Å². The zero-order valence-electron chi connectivity index (χ0n) is 10.4. The number of carbonyl (C=O) groups excluding carboxylic acids is 1. The minimum atomic E-state index is -0.204. The normalized spacial score (nSPS) is 23.9. The molecule has 18 heavy (non-hydrogen) atoms. The first-order valence-electron chi connectivity index (χ1n) is 6.14. The van der Waals surface area contributed by atoms with Crippen LogP contribution in [-0.2, 0) is 4.79 Å². The third-order valence-electron chi connectivity index (χ3n) is 3.12. The van der Waals surface area contributed by atoms with E-state index in [0.717, 1.165) is 12.2 Å². The fourth-order valence-electron chi connectivity index (χ4n) is 2.33. The molecule has 1 heterocycles. The number of amides is 1. The Morgan fingerprint density at radius 2 is 2.33 bits per heavy atom. The highest BCUT2D eigenvalue weighted by molar-refractivity contribution is 6.30. The molecular weight excluding hydrogens is 250 g/mol. The van der Waals surface area contributed by atoms with E-state index < -0.39 is 0 Å². The fraction of sp³-hybridized carbons (Fsp3) is 0.462. The third kappa shape index (κ3) is 2.76. The second-order valence-electron chi connectivity index (χ2n) is 4.64. The van der Waals surface area contributed by atoms with Gasteiger partial charge >= 0.3 is 0 Å². The minimum Gasteiger partial charge on any atom is -0.357 e. The first kappa shape index (κ1) is 13.2. The molecule has 98 valence electrons. The molecule has 2 unspecified atom stereocenters. The summed E-state index contributed by atoms with van der Waals surface area (Å²) in [4.78, 5) is 14.1. The molecule has 1 aromatic carbocycles. The largest absolute Gasteiger partial charge is 0.357 e. The predicted octanol–water partition coefficient (Wildman–Crippen LogP) is 1.38. The van der Waals surface area contributed by atoms with Crippen molar-refractivity contribution in [3.63, 3.8) is 0 Å². The molecule has 0 bridgehead atoms. The molecule has 5 heteroatoms. The minimum absolute atomic E-state index is 0.0409. The Morgan fingerprint density at radius 3 is 3.00 bits per heavy atom. The van der Waals surface area contributed by atoms with E-state index in [0.29, 0.717) is 18.0 Å². The standard InChI is InChI=1S/C13H18ClN3O/c1-9-8-17(11-4-2-3-10(14)7-11)12(5-6-15)13(18)16-9/h2-4,7,9,12H,5-6,8,15H2,1H3,(H,16,18). The highest BCUT2D eigenvalue weighted by atomic mass is 35.5. The molecule has 1 saturated heterocycles. The van der Waals surface area contributed by atoms with Crippen LogP contribution in [0.25, 0.3) is 0 Å². The van der Waals surface area contributed by atoms with Gasteiger partial charge in [-0.3, -0.25) is 4.79 Å². The molecule has 1 aliphatic rings. The Labute approximate surface area is 112 Å². The number of benzene rings is 1. The van der Waals surface area contributed by atoms with E-state index >= 15 is 0 Å². The van der Waals surface area contributed by atoms with E-state index in [1.165, 1.54) is 0 Å². The number of nitrogens with one attached hydrogen (secondary N) is 1. The molecule has 0 aliphatic carbocycles. The maximum atomic E-state index is 12.0. The van der Waals surface area contributed by atoms with Crippen molar-refractivity contribution in [3.05, 3.63) is 29.3 Å². The first-order chi connectivity index (χ1) is 8.61. The molecule has 1 aliphatic heterocycles. The highest BCUT2D eigenvalue weighted by Crippen LogP contribution is 2.24. The van der Waals surface area contributed by atoms with Gasteiger partial charge in [0.15, 0.2) is 0 Å². The molecule has 1 fully saturated rings. The molecule has 2 atom stereocenters. The zero-order valence-corrected chi connectivity index (χ0v) is 11.2. The molecule has 0 radical (unpaired) electrons. The number of hydrogen-bond acceptors (Lipinski definition) is 3. The van der Waals surface area contributed by atoms with E-state index in [-0.39, 0.29) is 18.0 Å². The second-order valence-corrected chi connectivity index (χ2v) is 5.07. The number of nitrogens with two attached hydrogens (primary N) is 1. The molecule has 2 rings (SSSR count). The molecule has 0 aromatic heterocycles. The quantitative estimate of drug-likeness (QED) is 0.870. The van der Waals surface area contributed by atoms with Crippen molar-refractivity contribution in [2.45, 2.75) is 25.4 Å². The average Bonchev–Trinajstić information content (AvgIpc) is 2.32. The number of carbonyl (C=O) groups is 1. The Hall–Kier alpha value is -1.26. The second kappa shape index (κ2) is 5.59. The monoisotopic (exact) mass is 267 g/mol. The fourth-order valence-corrected chi connectivity index (χ4v) is 2.52. The SMILES string of the molecule is CC1CN(c2cccc(Cl)c2)C(CCN)C(=O)N1. The number of anilines is 1. The van der Waals surface area contributed by atoms with Crippen molar-refractivity contribution in [1.82, 2.24) is 5.32 Å². The summed E-state index contributed by atoms with van der Waals surface area (Å²) in [6.45, 7) is 3.26. The van der Waals surface area contributed by atoms with Crippen molar-refractivity contribution in [2.75, 3.05) is 18.0 Å². The van der Waals surface area contributed by atoms with E-state index in [2.05, 4.69) is 10.2 Å². The molecule has 3 N–H and O–H groups in total. The van der Waals surface area contributed by atoms with Crippen LogP contribution < -0.4 is 16.0 Å². The Kier molecular flexibility index (Phi) is 4.09. The van der Waals surface area contributed by atoms with Crippen LogP contribution in [0.15, 0.2) is 24.3 Å². The number of piperazine rings is 1. The average molecular weight is 268 g/mol. The highest BCUT2D eigenvalue weighted by Gasteiger charge is 2.32. The van der Waals surface area contributed by atoms with Gasteiger partial charge in [-0.2, -0.15) is 0 Å². The topological polar surface area (TPSA) is 58.4 Å². The summed E-state index contributed by atoms with van der Waals surface area (Å²) >= 11 is 6.01. The van der Waals surface area contributed by atoms with Crippen LogP contribution in [0, 0.1) is 0 Å². The van der Waals surface area contributed by atoms with Crippen LogP contribution in [-0.4, -0.2) is 31.1 Å². The summed E-state index contributed by atoms with van der Waals surface area (Å²) in [7, 11) is 0. The summed E-state index contributed by atoms with van der Waals surface area (Å²) in [5, 5.41) is 3.64. The van der Waals surface area contributed by atoms with Crippen molar-refractivity contribution >= 4 is 23.2 Å². The van der Waals surface area contributed by atoms with Crippen molar-refractivity contribution < 1.29 is 4.79 Å². The molecule has 1 aromatic rings. The van der Waals surface area contributed by atoms with Gasteiger partial charge in [0.1, 0.15) is 6.04 Å².